The van der Waals surface area contributed by atoms with Crippen LogP contribution in [0.5, 0.6) is 0 Å². The van der Waals surface area contributed by atoms with Crippen molar-refractivity contribution < 1.29 is 26.5 Å². The molecule has 0 saturated carbocycles. The number of carbonyl (C=O) groups excluding carboxylic acids is 1. The number of likely N-dealkylation sites (tertiary alicyclic amines) is 1. The minimum atomic E-state index is -3.83. The SMILES string of the molecule is O=C(CCNS(=O)(=O)c1ccc(F)cc1)N1CCCC(c2nc(-c3cccc(F)c3)no2)C1. The Morgan fingerprint density at radius 2 is 1.94 bits per heavy atom. The Balaban J connectivity index is 1.33. The lowest BCUT2D eigenvalue weighted by Crippen LogP contribution is -2.40. The lowest BCUT2D eigenvalue weighted by molar-refractivity contribution is -0.132. The molecule has 0 radical (unpaired) electrons. The molecule has 1 amide bonds. The molecule has 1 saturated heterocycles. The molecule has 1 unspecified atom stereocenters. The van der Waals surface area contributed by atoms with Gasteiger partial charge in [-0.05, 0) is 49.2 Å². The summed E-state index contributed by atoms with van der Waals surface area (Å²) >= 11 is 0. The molecule has 3 aromatic rings. The summed E-state index contributed by atoms with van der Waals surface area (Å²) in [6.07, 6.45) is 1.46. The number of nitrogens with zero attached hydrogens (tertiary/aromatic N) is 3. The first-order valence-corrected chi connectivity index (χ1v) is 11.9. The molecule has 0 spiro atoms. The second kappa shape index (κ2) is 9.75. The fourth-order valence-corrected chi connectivity index (χ4v) is 4.73. The van der Waals surface area contributed by atoms with Gasteiger partial charge in [-0.15, -0.1) is 0 Å². The van der Waals surface area contributed by atoms with E-state index in [0.717, 1.165) is 37.1 Å². The van der Waals surface area contributed by atoms with E-state index in [0.29, 0.717) is 24.5 Å². The van der Waals surface area contributed by atoms with Crippen molar-refractivity contribution in [3.8, 4) is 11.4 Å². The van der Waals surface area contributed by atoms with Gasteiger partial charge in [0, 0.05) is 31.6 Å². The predicted molar refractivity (Wildman–Crippen MR) is 114 cm³/mol. The van der Waals surface area contributed by atoms with Crippen molar-refractivity contribution in [3.63, 3.8) is 0 Å². The van der Waals surface area contributed by atoms with Crippen molar-refractivity contribution in [2.24, 2.45) is 0 Å². The number of hydrogen-bond donors (Lipinski definition) is 1. The topological polar surface area (TPSA) is 105 Å². The smallest absolute Gasteiger partial charge is 0.240 e. The zero-order chi connectivity index (χ0) is 23.4. The molecule has 0 bridgehead atoms. The molecule has 174 valence electrons. The lowest BCUT2D eigenvalue weighted by atomic mass is 9.97. The molecular formula is C22H22F2N4O4S. The summed E-state index contributed by atoms with van der Waals surface area (Å²) in [4.78, 5) is 18.6. The van der Waals surface area contributed by atoms with E-state index >= 15 is 0 Å². The molecule has 4 rings (SSSR count). The van der Waals surface area contributed by atoms with E-state index in [2.05, 4.69) is 14.9 Å². The number of piperidine rings is 1. The number of nitrogens with one attached hydrogen (secondary N) is 1. The summed E-state index contributed by atoms with van der Waals surface area (Å²) < 4.78 is 58.7. The van der Waals surface area contributed by atoms with E-state index in [4.69, 9.17) is 4.52 Å². The largest absolute Gasteiger partial charge is 0.342 e. The molecule has 1 N–H and O–H groups in total. The van der Waals surface area contributed by atoms with Gasteiger partial charge < -0.3 is 9.42 Å². The lowest BCUT2D eigenvalue weighted by Gasteiger charge is -2.31. The van der Waals surface area contributed by atoms with Crippen molar-refractivity contribution in [1.29, 1.82) is 0 Å². The number of hydrogen-bond acceptors (Lipinski definition) is 6. The van der Waals surface area contributed by atoms with E-state index in [1.165, 1.54) is 12.1 Å². The van der Waals surface area contributed by atoms with Crippen LogP contribution in [0, 0.1) is 11.6 Å². The molecule has 1 aromatic heterocycles. The van der Waals surface area contributed by atoms with E-state index in [1.54, 1.807) is 17.0 Å². The Labute approximate surface area is 189 Å². The van der Waals surface area contributed by atoms with Crippen molar-refractivity contribution in [2.75, 3.05) is 19.6 Å². The van der Waals surface area contributed by atoms with Gasteiger partial charge in [-0.1, -0.05) is 17.3 Å². The van der Waals surface area contributed by atoms with Gasteiger partial charge in [-0.3, -0.25) is 4.79 Å². The average molecular weight is 477 g/mol. The van der Waals surface area contributed by atoms with Gasteiger partial charge in [0.25, 0.3) is 0 Å². The first-order chi connectivity index (χ1) is 15.8. The fraction of sp³-hybridized carbons (Fsp3) is 0.318. The van der Waals surface area contributed by atoms with Crippen molar-refractivity contribution >= 4 is 15.9 Å². The number of sulfonamides is 1. The van der Waals surface area contributed by atoms with Gasteiger partial charge in [-0.25, -0.2) is 21.9 Å². The number of halogens is 2. The highest BCUT2D eigenvalue weighted by molar-refractivity contribution is 7.89. The highest BCUT2D eigenvalue weighted by atomic mass is 32.2. The number of rotatable bonds is 7. The van der Waals surface area contributed by atoms with Crippen LogP contribution in [0.1, 0.15) is 31.1 Å². The average Bonchev–Trinajstić information content (AvgIpc) is 3.30. The number of aromatic nitrogens is 2. The maximum atomic E-state index is 13.5. The summed E-state index contributed by atoms with van der Waals surface area (Å²) in [6.45, 7) is 0.837. The first kappa shape index (κ1) is 23.0. The van der Waals surface area contributed by atoms with Crippen LogP contribution in [0.3, 0.4) is 0 Å². The van der Waals surface area contributed by atoms with Crippen LogP contribution in [-0.2, 0) is 14.8 Å². The van der Waals surface area contributed by atoms with Crippen LogP contribution in [0.2, 0.25) is 0 Å². The highest BCUT2D eigenvalue weighted by Gasteiger charge is 2.29. The molecule has 1 atom stereocenters. The third-order valence-corrected chi connectivity index (χ3v) is 6.88. The van der Waals surface area contributed by atoms with E-state index in [1.807, 2.05) is 0 Å². The minimum absolute atomic E-state index is 0.0223. The molecule has 11 heteroatoms. The van der Waals surface area contributed by atoms with Crippen molar-refractivity contribution in [2.45, 2.75) is 30.1 Å². The van der Waals surface area contributed by atoms with E-state index < -0.39 is 21.7 Å². The Kier molecular flexibility index (Phi) is 6.80. The van der Waals surface area contributed by atoms with E-state index in [-0.39, 0.29) is 35.5 Å². The molecular weight excluding hydrogens is 454 g/mol. The van der Waals surface area contributed by atoms with Crippen molar-refractivity contribution in [3.05, 3.63) is 66.1 Å². The van der Waals surface area contributed by atoms with Gasteiger partial charge in [0.05, 0.1) is 10.8 Å². The van der Waals surface area contributed by atoms with Crippen LogP contribution in [0.4, 0.5) is 8.78 Å². The molecule has 2 heterocycles. The highest BCUT2D eigenvalue weighted by Crippen LogP contribution is 2.28. The molecule has 1 aliphatic rings. The molecule has 33 heavy (non-hydrogen) atoms. The summed E-state index contributed by atoms with van der Waals surface area (Å²) in [5.74, 6) is -0.636. The molecule has 1 fully saturated rings. The standard InChI is InChI=1S/C22H22F2N4O4S/c23-17-6-8-19(9-7-17)33(30,31)25-11-10-20(29)28-12-2-4-16(14-28)22-26-21(27-32-22)15-3-1-5-18(24)13-15/h1,3,5-9,13,16,25H,2,4,10-12,14H2. The van der Waals surface area contributed by atoms with Gasteiger partial charge in [0.1, 0.15) is 11.6 Å². The Hall–Kier alpha value is -3.18. The second-order valence-electron chi connectivity index (χ2n) is 7.75. The number of amides is 1. The van der Waals surface area contributed by atoms with Crippen LogP contribution < -0.4 is 4.72 Å². The maximum absolute atomic E-state index is 13.5. The zero-order valence-electron chi connectivity index (χ0n) is 17.6. The normalized spacial score (nSPS) is 16.7. The van der Waals surface area contributed by atoms with Crippen molar-refractivity contribution in [1.82, 2.24) is 19.8 Å². The predicted octanol–water partition coefficient (Wildman–Crippen LogP) is 3.09. The molecule has 0 aliphatic carbocycles. The first-order valence-electron chi connectivity index (χ1n) is 10.4. The Morgan fingerprint density at radius 3 is 2.70 bits per heavy atom. The number of benzene rings is 2. The van der Waals surface area contributed by atoms with Gasteiger partial charge in [0.15, 0.2) is 0 Å². The maximum Gasteiger partial charge on any atom is 0.240 e. The third kappa shape index (κ3) is 5.60. The van der Waals surface area contributed by atoms with Crippen LogP contribution in [0.15, 0.2) is 57.9 Å². The molecule has 2 aromatic carbocycles. The van der Waals surface area contributed by atoms with Gasteiger partial charge in [-0.2, -0.15) is 4.98 Å². The summed E-state index contributed by atoms with van der Waals surface area (Å²) in [6, 6.07) is 10.3. The summed E-state index contributed by atoms with van der Waals surface area (Å²) in [5.41, 5.74) is 0.502. The Bertz CT molecular complexity index is 1230. The zero-order valence-corrected chi connectivity index (χ0v) is 18.4. The monoisotopic (exact) mass is 476 g/mol. The number of carbonyl (C=O) groups is 1. The summed E-state index contributed by atoms with van der Waals surface area (Å²) in [5, 5.41) is 3.93. The van der Waals surface area contributed by atoms with Crippen LogP contribution in [0.25, 0.3) is 11.4 Å². The van der Waals surface area contributed by atoms with Crippen LogP contribution in [-0.4, -0.2) is 49.0 Å². The second-order valence-corrected chi connectivity index (χ2v) is 9.51. The van der Waals surface area contributed by atoms with E-state index in [9.17, 15) is 22.0 Å². The van der Waals surface area contributed by atoms with Gasteiger partial charge in [0.2, 0.25) is 27.6 Å². The quantitative estimate of drug-likeness (QED) is 0.562. The van der Waals surface area contributed by atoms with Crippen LogP contribution >= 0.6 is 0 Å². The van der Waals surface area contributed by atoms with Gasteiger partial charge >= 0.3 is 0 Å². The Morgan fingerprint density at radius 1 is 1.15 bits per heavy atom. The molecule has 1 aliphatic heterocycles. The fourth-order valence-electron chi connectivity index (χ4n) is 3.70. The summed E-state index contributed by atoms with van der Waals surface area (Å²) in [7, 11) is -3.83. The minimum Gasteiger partial charge on any atom is -0.342 e. The third-order valence-electron chi connectivity index (χ3n) is 5.40. The molecule has 8 nitrogen and oxygen atoms in total.